The zero-order chi connectivity index (χ0) is 25.7. The lowest BCUT2D eigenvalue weighted by Gasteiger charge is -2.19. The maximum atomic E-state index is 12.9. The summed E-state index contributed by atoms with van der Waals surface area (Å²) in [5, 5.41) is 3.48. The summed E-state index contributed by atoms with van der Waals surface area (Å²) < 4.78 is 5.44. The van der Waals surface area contributed by atoms with E-state index in [1.54, 1.807) is 44.2 Å². The van der Waals surface area contributed by atoms with Gasteiger partial charge in [-0.3, -0.25) is 14.4 Å². The quantitative estimate of drug-likeness (QED) is 0.360. The van der Waals surface area contributed by atoms with Crippen LogP contribution >= 0.6 is 11.3 Å². The lowest BCUT2D eigenvalue weighted by molar-refractivity contribution is -0.123. The molecule has 36 heavy (non-hydrogen) atoms. The molecule has 0 aliphatic heterocycles. The number of rotatable bonds is 4. The van der Waals surface area contributed by atoms with Crippen molar-refractivity contribution in [1.29, 1.82) is 0 Å². The zero-order valence-corrected chi connectivity index (χ0v) is 20.8. The lowest BCUT2D eigenvalue weighted by Crippen LogP contribution is -2.30. The Labute approximate surface area is 210 Å². The predicted molar refractivity (Wildman–Crippen MR) is 135 cm³/mol. The van der Waals surface area contributed by atoms with Gasteiger partial charge in [0.2, 0.25) is 0 Å². The van der Waals surface area contributed by atoms with Crippen molar-refractivity contribution in [2.75, 3.05) is 5.32 Å². The second kappa shape index (κ2) is 8.76. The SMILES string of the molecule is Cc1nc(C)c2c(C)c(C(=O)OC(C)C(=O)Nc3ccc4c(c3)C(=O)c3ccccc3C4=O)sc2n1. The molecule has 180 valence electrons. The summed E-state index contributed by atoms with van der Waals surface area (Å²) in [5.41, 5.74) is 3.00. The molecule has 8 nitrogen and oxygen atoms in total. The van der Waals surface area contributed by atoms with Crippen molar-refractivity contribution < 1.29 is 23.9 Å². The number of carbonyl (C=O) groups excluding carboxylic acids is 4. The van der Waals surface area contributed by atoms with Gasteiger partial charge in [-0.2, -0.15) is 0 Å². The van der Waals surface area contributed by atoms with Gasteiger partial charge in [-0.1, -0.05) is 24.3 Å². The molecule has 2 aromatic heterocycles. The van der Waals surface area contributed by atoms with Crippen molar-refractivity contribution in [1.82, 2.24) is 9.97 Å². The van der Waals surface area contributed by atoms with Crippen LogP contribution in [0.25, 0.3) is 10.2 Å². The first-order valence-corrected chi connectivity index (χ1v) is 12.1. The van der Waals surface area contributed by atoms with Gasteiger partial charge in [0, 0.05) is 39.0 Å². The van der Waals surface area contributed by atoms with Gasteiger partial charge in [0.1, 0.15) is 15.5 Å². The third kappa shape index (κ3) is 3.87. The summed E-state index contributed by atoms with van der Waals surface area (Å²) >= 11 is 1.20. The molecule has 0 bridgehead atoms. The number of fused-ring (bicyclic) bond motifs is 3. The van der Waals surface area contributed by atoms with Gasteiger partial charge in [0.25, 0.3) is 5.91 Å². The first kappa shape index (κ1) is 23.5. The van der Waals surface area contributed by atoms with Crippen LogP contribution in [0, 0.1) is 20.8 Å². The fourth-order valence-corrected chi connectivity index (χ4v) is 5.52. The number of thiophene rings is 1. The van der Waals surface area contributed by atoms with Crippen LogP contribution in [0.15, 0.2) is 42.5 Å². The third-order valence-electron chi connectivity index (χ3n) is 6.11. The van der Waals surface area contributed by atoms with Crippen LogP contribution in [0.4, 0.5) is 5.69 Å². The highest BCUT2D eigenvalue weighted by Crippen LogP contribution is 2.32. The number of nitrogens with one attached hydrogen (secondary N) is 1. The van der Waals surface area contributed by atoms with Crippen LogP contribution in [0.3, 0.4) is 0 Å². The van der Waals surface area contributed by atoms with Crippen LogP contribution in [0.1, 0.15) is 65.5 Å². The van der Waals surface area contributed by atoms with E-state index < -0.39 is 18.0 Å². The number of carbonyl (C=O) groups is 4. The van der Waals surface area contributed by atoms with E-state index in [1.165, 1.54) is 30.4 Å². The molecule has 1 aliphatic carbocycles. The van der Waals surface area contributed by atoms with Crippen molar-refractivity contribution >= 4 is 50.7 Å². The topological polar surface area (TPSA) is 115 Å². The number of aromatic nitrogens is 2. The molecule has 0 fully saturated rings. The van der Waals surface area contributed by atoms with E-state index in [-0.39, 0.29) is 22.7 Å². The van der Waals surface area contributed by atoms with Crippen LogP contribution in [0.5, 0.6) is 0 Å². The number of ketones is 2. The Morgan fingerprint density at radius 2 is 1.56 bits per heavy atom. The van der Waals surface area contributed by atoms with E-state index in [0.717, 1.165) is 11.1 Å². The minimum atomic E-state index is -1.11. The molecule has 1 N–H and O–H groups in total. The number of hydrogen-bond acceptors (Lipinski definition) is 8. The number of esters is 1. The van der Waals surface area contributed by atoms with Gasteiger partial charge >= 0.3 is 5.97 Å². The number of hydrogen-bond donors (Lipinski definition) is 1. The van der Waals surface area contributed by atoms with E-state index >= 15 is 0 Å². The summed E-state index contributed by atoms with van der Waals surface area (Å²) in [7, 11) is 0. The molecular formula is C27H21N3O5S. The zero-order valence-electron chi connectivity index (χ0n) is 20.0. The Balaban J connectivity index is 1.33. The van der Waals surface area contributed by atoms with Gasteiger partial charge in [-0.05, 0) is 51.5 Å². The second-order valence-electron chi connectivity index (χ2n) is 8.59. The average molecular weight is 500 g/mol. The average Bonchev–Trinajstić information content (AvgIpc) is 3.18. The molecule has 0 spiro atoms. The number of ether oxygens (including phenoxy) is 1. The molecule has 4 aromatic rings. The van der Waals surface area contributed by atoms with Crippen molar-refractivity contribution in [2.24, 2.45) is 0 Å². The molecule has 1 amide bonds. The smallest absolute Gasteiger partial charge is 0.349 e. The minimum absolute atomic E-state index is 0.217. The Morgan fingerprint density at radius 3 is 2.25 bits per heavy atom. The Hall–Kier alpha value is -4.24. The van der Waals surface area contributed by atoms with Crippen molar-refractivity contribution in [3.05, 3.63) is 86.7 Å². The van der Waals surface area contributed by atoms with Gasteiger partial charge in [0.15, 0.2) is 17.7 Å². The van der Waals surface area contributed by atoms with E-state index in [1.807, 2.05) is 6.92 Å². The van der Waals surface area contributed by atoms with Crippen LogP contribution in [0.2, 0.25) is 0 Å². The number of aryl methyl sites for hydroxylation is 3. The van der Waals surface area contributed by atoms with Crippen LogP contribution in [-0.4, -0.2) is 39.5 Å². The largest absolute Gasteiger partial charge is 0.448 e. The fourth-order valence-electron chi connectivity index (χ4n) is 4.36. The standard InChI is InChI=1S/C27H21N3O5S/c1-12-21-13(2)28-15(4)29-26(21)36-24(12)27(34)35-14(3)25(33)30-16-9-10-19-20(11-16)23(32)18-8-6-5-7-17(18)22(19)31/h5-11,14H,1-4H3,(H,30,33). The Morgan fingerprint density at radius 1 is 0.917 bits per heavy atom. The molecule has 1 atom stereocenters. The van der Waals surface area contributed by atoms with E-state index in [4.69, 9.17) is 4.74 Å². The molecular weight excluding hydrogens is 478 g/mol. The highest BCUT2D eigenvalue weighted by molar-refractivity contribution is 7.20. The van der Waals surface area contributed by atoms with Gasteiger partial charge in [-0.25, -0.2) is 14.8 Å². The van der Waals surface area contributed by atoms with Crippen molar-refractivity contribution in [3.8, 4) is 0 Å². The molecule has 0 radical (unpaired) electrons. The Kier molecular flexibility index (Phi) is 5.72. The monoisotopic (exact) mass is 499 g/mol. The molecule has 1 unspecified atom stereocenters. The van der Waals surface area contributed by atoms with Gasteiger partial charge < -0.3 is 10.1 Å². The number of nitrogens with zero attached hydrogens (tertiary/aromatic N) is 2. The molecule has 9 heteroatoms. The fraction of sp³-hybridized carbons (Fsp3) is 0.185. The lowest BCUT2D eigenvalue weighted by atomic mass is 9.84. The van der Waals surface area contributed by atoms with E-state index in [2.05, 4.69) is 15.3 Å². The maximum absolute atomic E-state index is 12.9. The van der Waals surface area contributed by atoms with Crippen LogP contribution in [-0.2, 0) is 9.53 Å². The molecule has 1 aliphatic rings. The maximum Gasteiger partial charge on any atom is 0.349 e. The summed E-state index contributed by atoms with van der Waals surface area (Å²) in [6, 6.07) is 11.2. The summed E-state index contributed by atoms with van der Waals surface area (Å²) in [4.78, 5) is 61.2. The molecule has 2 heterocycles. The number of anilines is 1. The third-order valence-corrected chi connectivity index (χ3v) is 7.28. The molecule has 0 saturated carbocycles. The summed E-state index contributed by atoms with van der Waals surface area (Å²) in [5.74, 6) is -1.11. The van der Waals surface area contributed by atoms with Crippen molar-refractivity contribution in [3.63, 3.8) is 0 Å². The Bertz CT molecular complexity index is 1620. The summed E-state index contributed by atoms with van der Waals surface area (Å²) in [6.45, 7) is 6.91. The first-order valence-electron chi connectivity index (χ1n) is 11.2. The molecule has 2 aromatic carbocycles. The van der Waals surface area contributed by atoms with Gasteiger partial charge in [0.05, 0.1) is 0 Å². The summed E-state index contributed by atoms with van der Waals surface area (Å²) in [6.07, 6.45) is -1.11. The minimum Gasteiger partial charge on any atom is -0.448 e. The van der Waals surface area contributed by atoms with Crippen molar-refractivity contribution in [2.45, 2.75) is 33.8 Å². The normalized spacial score (nSPS) is 13.2. The van der Waals surface area contributed by atoms with E-state index in [0.29, 0.717) is 37.9 Å². The van der Waals surface area contributed by atoms with Gasteiger partial charge in [-0.15, -0.1) is 11.3 Å². The number of amides is 1. The second-order valence-corrected chi connectivity index (χ2v) is 9.59. The highest BCUT2D eigenvalue weighted by Gasteiger charge is 2.30. The first-order chi connectivity index (χ1) is 17.2. The predicted octanol–water partition coefficient (Wildman–Crippen LogP) is 4.58. The highest BCUT2D eigenvalue weighted by atomic mass is 32.1. The van der Waals surface area contributed by atoms with E-state index in [9.17, 15) is 19.2 Å². The number of benzene rings is 2. The molecule has 5 rings (SSSR count). The van der Waals surface area contributed by atoms with Crippen LogP contribution < -0.4 is 5.32 Å². The molecule has 0 saturated heterocycles.